The highest BCUT2D eigenvalue weighted by Crippen LogP contribution is 2.20. The smallest absolute Gasteiger partial charge is 0.226 e. The largest absolute Gasteiger partial charge is 0.467 e. The van der Waals surface area contributed by atoms with E-state index in [0.717, 1.165) is 0 Å². The van der Waals surface area contributed by atoms with E-state index >= 15 is 0 Å². The van der Waals surface area contributed by atoms with Crippen LogP contribution in [0.25, 0.3) is 0 Å². The summed E-state index contributed by atoms with van der Waals surface area (Å²) in [4.78, 5) is 25.1. The average Bonchev–Trinajstić information content (AvgIpc) is 2.98. The summed E-state index contributed by atoms with van der Waals surface area (Å²) in [6, 6.07) is 3.58. The minimum absolute atomic E-state index is 0.0349. The van der Waals surface area contributed by atoms with Crippen LogP contribution in [0, 0.1) is 18.3 Å². The number of hydrogen-bond donors (Lipinski definition) is 1. The molecule has 0 radical (unpaired) electrons. The molecular formula is C13H14N2O3. The van der Waals surface area contributed by atoms with E-state index in [0.29, 0.717) is 18.8 Å². The van der Waals surface area contributed by atoms with E-state index in [4.69, 9.17) is 10.8 Å². The van der Waals surface area contributed by atoms with Gasteiger partial charge in [-0.3, -0.25) is 9.59 Å². The standard InChI is InChI=1S/C13H14N2O3/c1-2-5-14-13(17)10-7-12(16)15(8-10)9-11-4-3-6-18-11/h1,3-4,6,10H,5,7-9H2,(H,14,17). The number of nitrogens with zero attached hydrogens (tertiary/aromatic N) is 1. The molecule has 2 amide bonds. The van der Waals surface area contributed by atoms with Gasteiger partial charge in [0.2, 0.25) is 11.8 Å². The Morgan fingerprint density at radius 1 is 1.67 bits per heavy atom. The van der Waals surface area contributed by atoms with Crippen molar-refractivity contribution in [1.82, 2.24) is 10.2 Å². The van der Waals surface area contributed by atoms with Gasteiger partial charge in [0.1, 0.15) is 5.76 Å². The lowest BCUT2D eigenvalue weighted by molar-refractivity contribution is -0.129. The monoisotopic (exact) mass is 246 g/mol. The zero-order valence-corrected chi connectivity index (χ0v) is 9.89. The summed E-state index contributed by atoms with van der Waals surface area (Å²) < 4.78 is 5.18. The summed E-state index contributed by atoms with van der Waals surface area (Å²) in [5.74, 6) is 2.53. The van der Waals surface area contributed by atoms with Crippen LogP contribution in [0.1, 0.15) is 12.2 Å². The lowest BCUT2D eigenvalue weighted by Crippen LogP contribution is -2.32. The zero-order valence-electron chi connectivity index (χ0n) is 9.89. The molecule has 1 atom stereocenters. The Hall–Kier alpha value is -2.22. The molecule has 1 aromatic rings. The summed E-state index contributed by atoms with van der Waals surface area (Å²) in [5, 5.41) is 2.60. The molecule has 0 bridgehead atoms. The highest BCUT2D eigenvalue weighted by molar-refractivity contribution is 5.89. The summed E-state index contributed by atoms with van der Waals surface area (Å²) in [6.45, 7) is 1.02. The molecule has 2 heterocycles. The van der Waals surface area contributed by atoms with Crippen molar-refractivity contribution in [2.24, 2.45) is 5.92 Å². The van der Waals surface area contributed by atoms with Gasteiger partial charge in [0.05, 0.1) is 25.3 Å². The van der Waals surface area contributed by atoms with Gasteiger partial charge >= 0.3 is 0 Å². The Balaban J connectivity index is 1.91. The van der Waals surface area contributed by atoms with E-state index in [2.05, 4.69) is 11.2 Å². The van der Waals surface area contributed by atoms with Gasteiger partial charge in [-0.25, -0.2) is 0 Å². The summed E-state index contributed by atoms with van der Waals surface area (Å²) in [7, 11) is 0. The van der Waals surface area contributed by atoms with Crippen LogP contribution in [0.3, 0.4) is 0 Å². The molecule has 1 fully saturated rings. The molecular weight excluding hydrogens is 232 g/mol. The van der Waals surface area contributed by atoms with Crippen molar-refractivity contribution in [1.29, 1.82) is 0 Å². The van der Waals surface area contributed by atoms with Gasteiger partial charge in [-0.15, -0.1) is 6.42 Å². The van der Waals surface area contributed by atoms with E-state index in [9.17, 15) is 9.59 Å². The van der Waals surface area contributed by atoms with Gasteiger partial charge in [-0.05, 0) is 12.1 Å². The van der Waals surface area contributed by atoms with Crippen molar-refractivity contribution in [2.45, 2.75) is 13.0 Å². The lowest BCUT2D eigenvalue weighted by atomic mass is 10.1. The Bertz CT molecular complexity index is 473. The van der Waals surface area contributed by atoms with Crippen molar-refractivity contribution in [3.63, 3.8) is 0 Å². The van der Waals surface area contributed by atoms with E-state index in [-0.39, 0.29) is 30.7 Å². The molecule has 2 rings (SSSR count). The fourth-order valence-electron chi connectivity index (χ4n) is 1.97. The molecule has 1 N–H and O–H groups in total. The molecule has 18 heavy (non-hydrogen) atoms. The van der Waals surface area contributed by atoms with Gasteiger partial charge < -0.3 is 14.6 Å². The topological polar surface area (TPSA) is 62.6 Å². The first-order valence-electron chi connectivity index (χ1n) is 5.72. The van der Waals surface area contributed by atoms with Crippen LogP contribution in [0.5, 0.6) is 0 Å². The number of carbonyl (C=O) groups is 2. The predicted octanol–water partition coefficient (Wildman–Crippen LogP) is 0.377. The molecule has 5 nitrogen and oxygen atoms in total. The molecule has 1 aliphatic heterocycles. The Morgan fingerprint density at radius 3 is 3.17 bits per heavy atom. The number of carbonyl (C=O) groups excluding carboxylic acids is 2. The maximum atomic E-state index is 11.8. The Labute approximate surface area is 105 Å². The highest BCUT2D eigenvalue weighted by atomic mass is 16.3. The number of furan rings is 1. The normalized spacial score (nSPS) is 18.7. The number of amides is 2. The van der Waals surface area contributed by atoms with Gasteiger partial charge in [0, 0.05) is 13.0 Å². The summed E-state index contributed by atoms with van der Waals surface area (Å²) in [6.07, 6.45) is 6.86. The van der Waals surface area contributed by atoms with Crippen molar-refractivity contribution in [2.75, 3.05) is 13.1 Å². The maximum Gasteiger partial charge on any atom is 0.226 e. The van der Waals surface area contributed by atoms with E-state index < -0.39 is 0 Å². The van der Waals surface area contributed by atoms with Crippen molar-refractivity contribution in [3.8, 4) is 12.3 Å². The van der Waals surface area contributed by atoms with Gasteiger partial charge in [-0.1, -0.05) is 5.92 Å². The molecule has 0 aromatic carbocycles. The first kappa shape index (κ1) is 12.2. The molecule has 1 unspecified atom stereocenters. The van der Waals surface area contributed by atoms with E-state index in [1.807, 2.05) is 0 Å². The molecule has 5 heteroatoms. The predicted molar refractivity (Wildman–Crippen MR) is 64.1 cm³/mol. The van der Waals surface area contributed by atoms with Gasteiger partial charge in [0.25, 0.3) is 0 Å². The van der Waals surface area contributed by atoms with Crippen LogP contribution in [0.4, 0.5) is 0 Å². The molecule has 1 aromatic heterocycles. The highest BCUT2D eigenvalue weighted by Gasteiger charge is 2.34. The maximum absolute atomic E-state index is 11.8. The zero-order chi connectivity index (χ0) is 13.0. The SMILES string of the molecule is C#CCNC(=O)C1CC(=O)N(Cc2ccco2)C1. The van der Waals surface area contributed by atoms with Crippen molar-refractivity contribution in [3.05, 3.63) is 24.2 Å². The third-order valence-electron chi connectivity index (χ3n) is 2.88. The number of nitrogens with one attached hydrogen (secondary N) is 1. The van der Waals surface area contributed by atoms with Gasteiger partial charge in [-0.2, -0.15) is 0 Å². The second-order valence-electron chi connectivity index (χ2n) is 4.18. The molecule has 1 aliphatic rings. The number of rotatable bonds is 4. The third kappa shape index (κ3) is 2.72. The second kappa shape index (κ2) is 5.41. The minimum atomic E-state index is -0.319. The van der Waals surface area contributed by atoms with E-state index in [1.54, 1.807) is 23.3 Å². The molecule has 0 aliphatic carbocycles. The fourth-order valence-corrected chi connectivity index (χ4v) is 1.97. The Morgan fingerprint density at radius 2 is 2.50 bits per heavy atom. The average molecular weight is 246 g/mol. The Kier molecular flexibility index (Phi) is 3.68. The van der Waals surface area contributed by atoms with Crippen molar-refractivity contribution < 1.29 is 14.0 Å². The summed E-state index contributed by atoms with van der Waals surface area (Å²) >= 11 is 0. The quantitative estimate of drug-likeness (QED) is 0.781. The van der Waals surface area contributed by atoms with E-state index in [1.165, 1.54) is 0 Å². The van der Waals surface area contributed by atoms with Crippen LogP contribution in [0.2, 0.25) is 0 Å². The second-order valence-corrected chi connectivity index (χ2v) is 4.18. The minimum Gasteiger partial charge on any atom is -0.467 e. The third-order valence-corrected chi connectivity index (χ3v) is 2.88. The van der Waals surface area contributed by atoms with Crippen LogP contribution in [-0.4, -0.2) is 29.8 Å². The number of hydrogen-bond acceptors (Lipinski definition) is 3. The van der Waals surface area contributed by atoms with Crippen molar-refractivity contribution >= 4 is 11.8 Å². The van der Waals surface area contributed by atoms with Gasteiger partial charge in [0.15, 0.2) is 0 Å². The summed E-state index contributed by atoms with van der Waals surface area (Å²) in [5.41, 5.74) is 0. The number of terminal acetylenes is 1. The van der Waals surface area contributed by atoms with Crippen LogP contribution in [0.15, 0.2) is 22.8 Å². The molecule has 1 saturated heterocycles. The first-order valence-corrected chi connectivity index (χ1v) is 5.72. The van der Waals surface area contributed by atoms with Crippen LogP contribution >= 0.6 is 0 Å². The molecule has 0 saturated carbocycles. The van der Waals surface area contributed by atoms with Crippen LogP contribution < -0.4 is 5.32 Å². The molecule has 0 spiro atoms. The van der Waals surface area contributed by atoms with Crippen LogP contribution in [-0.2, 0) is 16.1 Å². The first-order chi connectivity index (χ1) is 8.70. The lowest BCUT2D eigenvalue weighted by Gasteiger charge is -2.14. The molecule has 94 valence electrons. The number of likely N-dealkylation sites (tertiary alicyclic amines) is 1. The fraction of sp³-hybridized carbons (Fsp3) is 0.385.